The molecule has 0 bridgehead atoms. The van der Waals surface area contributed by atoms with Gasteiger partial charge in [-0.05, 0) is 116 Å². The first-order chi connectivity index (χ1) is 36.5. The predicted octanol–water partition coefficient (Wildman–Crippen LogP) is 8.31. The Labute approximate surface area is 448 Å². The Hall–Kier alpha value is -7.34. The van der Waals surface area contributed by atoms with Crippen LogP contribution in [-0.2, 0) is 37.7 Å². The number of aromatic nitrogens is 5. The van der Waals surface area contributed by atoms with Crippen LogP contribution in [0.5, 0.6) is 0 Å². The number of fused-ring (bicyclic) bond motifs is 1. The Kier molecular flexibility index (Phi) is 16.4. The van der Waals surface area contributed by atoms with Crippen LogP contribution in [0.1, 0.15) is 107 Å². The molecule has 0 unspecified atom stereocenters. The maximum Gasteiger partial charge on any atom is 0.246 e. The molecule has 7 aromatic rings. The van der Waals surface area contributed by atoms with Gasteiger partial charge in [-0.2, -0.15) is 0 Å². The van der Waals surface area contributed by atoms with Gasteiger partial charge in [0.1, 0.15) is 23.4 Å². The number of carbonyl (C=O) groups is 4. The summed E-state index contributed by atoms with van der Waals surface area (Å²) in [5.74, 6) is -0.00419. The number of aliphatic hydroxyl groups excluding tert-OH is 1. The molecular formula is C59H69N11O5S. The normalized spacial score (nSPS) is 16.5. The van der Waals surface area contributed by atoms with Gasteiger partial charge in [-0.1, -0.05) is 88.2 Å². The molecule has 4 aromatic heterocycles. The van der Waals surface area contributed by atoms with E-state index in [2.05, 4.69) is 56.3 Å². The van der Waals surface area contributed by atoms with E-state index in [0.29, 0.717) is 55.1 Å². The number of imidazole rings is 1. The van der Waals surface area contributed by atoms with Gasteiger partial charge >= 0.3 is 0 Å². The van der Waals surface area contributed by atoms with Crippen LogP contribution >= 0.6 is 11.3 Å². The first kappa shape index (κ1) is 53.5. The SMILES string of the molecule is Cc1ncsc1-c1ccc(CNC(=O)[C@@H]2C[C@@H](O)CN2C(=O)[C@@H](NC(=O)CCCCCCC(=O)NCCc2cccc(-c3ccc4nc(-c5cccnc5N)n(-c5ccc(C6(N)CCC6)cc5)c4n3)c2)C(C)(C)C)cc1. The van der Waals surface area contributed by atoms with E-state index in [9.17, 15) is 24.3 Å². The topological polar surface area (TPSA) is 236 Å². The number of aryl methyl sites for hydroxylation is 1. The first-order valence-corrected chi connectivity index (χ1v) is 27.3. The summed E-state index contributed by atoms with van der Waals surface area (Å²) in [6, 6.07) is 30.4. The van der Waals surface area contributed by atoms with Crippen molar-refractivity contribution in [1.82, 2.24) is 45.4 Å². The van der Waals surface area contributed by atoms with Crippen molar-refractivity contribution >= 4 is 51.9 Å². The van der Waals surface area contributed by atoms with Gasteiger partial charge in [0.25, 0.3) is 0 Å². The highest BCUT2D eigenvalue weighted by Gasteiger charge is 2.44. The second-order valence-electron chi connectivity index (χ2n) is 21.5. The quantitative estimate of drug-likeness (QED) is 0.0397. The average molecular weight is 1040 g/mol. The van der Waals surface area contributed by atoms with Crippen LogP contribution in [0.25, 0.3) is 49.9 Å². The van der Waals surface area contributed by atoms with E-state index in [1.165, 1.54) is 4.90 Å². The highest BCUT2D eigenvalue weighted by atomic mass is 32.1. The number of amides is 4. The highest BCUT2D eigenvalue weighted by molar-refractivity contribution is 7.13. The van der Waals surface area contributed by atoms with Gasteiger partial charge in [0, 0.05) is 61.9 Å². The third-order valence-corrected chi connectivity index (χ3v) is 15.7. The monoisotopic (exact) mass is 1040 g/mol. The molecule has 1 aliphatic heterocycles. The van der Waals surface area contributed by atoms with Crippen molar-refractivity contribution in [3.63, 3.8) is 0 Å². The van der Waals surface area contributed by atoms with Gasteiger partial charge in [0.2, 0.25) is 23.6 Å². The van der Waals surface area contributed by atoms with Gasteiger partial charge in [0.05, 0.1) is 33.4 Å². The number of nitrogens with zero attached hydrogens (tertiary/aromatic N) is 6. The standard InChI is InChI=1S/C59H69N11O5S/c1-37-51(76-36-65-37)40-19-17-39(18-20-40)34-64-56(74)48-33-44(71)35-69(48)57(75)52(58(2,3)4)68-50(73)16-8-6-5-7-15-49(72)62-31-27-38-12-9-13-41(32-38)46-25-26-47-55(66-46)70(54(67-47)45-14-10-30-63-53(45)60)43-23-21-42(22-24-43)59(61)28-11-29-59/h9-10,12-14,17-26,30,32,36,44,48,52,71H,5-8,11,15-16,27-29,31,33-35,61H2,1-4H3,(H2,60,63)(H,62,72)(H,64,74)(H,68,73)/t44-,48+,52-/m1/s1. The average Bonchev–Trinajstić information content (AvgIpc) is 4.13. The lowest BCUT2D eigenvalue weighted by Crippen LogP contribution is -2.57. The number of likely N-dealkylation sites (tertiary alicyclic amines) is 1. The van der Waals surface area contributed by atoms with Gasteiger partial charge in [0.15, 0.2) is 11.5 Å². The maximum absolute atomic E-state index is 14.1. The van der Waals surface area contributed by atoms with Crippen molar-refractivity contribution in [2.24, 2.45) is 11.1 Å². The number of nitrogen functional groups attached to an aromatic ring is 1. The van der Waals surface area contributed by atoms with Crippen LogP contribution in [-0.4, -0.2) is 89.4 Å². The molecule has 17 heteroatoms. The fraction of sp³-hybridized carbons (Fsp3) is 0.390. The molecule has 16 nitrogen and oxygen atoms in total. The zero-order valence-electron chi connectivity index (χ0n) is 43.9. The summed E-state index contributed by atoms with van der Waals surface area (Å²) in [4.78, 5) is 75.1. The van der Waals surface area contributed by atoms with Crippen LogP contribution in [0.15, 0.2) is 109 Å². The number of β-amino-alcohol motifs (C(OH)–C–C–N with tert-alkyl or cyclic N) is 1. The Bertz CT molecular complexity index is 3200. The molecule has 1 saturated heterocycles. The van der Waals surface area contributed by atoms with Gasteiger partial charge < -0.3 is 37.4 Å². The molecule has 2 aliphatic rings. The number of nitrogens with two attached hydrogens (primary N) is 2. The number of hydrogen-bond acceptors (Lipinski definition) is 12. The van der Waals surface area contributed by atoms with E-state index in [1.54, 1.807) is 17.5 Å². The summed E-state index contributed by atoms with van der Waals surface area (Å²) in [6.07, 6.45) is 8.04. The van der Waals surface area contributed by atoms with Crippen LogP contribution in [0.2, 0.25) is 0 Å². The molecule has 396 valence electrons. The zero-order valence-corrected chi connectivity index (χ0v) is 44.7. The van der Waals surface area contributed by atoms with E-state index in [1.807, 2.05) is 105 Å². The minimum absolute atomic E-state index is 0.00599. The van der Waals surface area contributed by atoms with E-state index in [0.717, 1.165) is 87.4 Å². The van der Waals surface area contributed by atoms with E-state index in [4.69, 9.17) is 21.4 Å². The molecule has 1 saturated carbocycles. The van der Waals surface area contributed by atoms with Crippen LogP contribution in [0.4, 0.5) is 5.82 Å². The van der Waals surface area contributed by atoms with Crippen molar-refractivity contribution in [3.8, 4) is 38.8 Å². The van der Waals surface area contributed by atoms with E-state index in [-0.39, 0.29) is 49.2 Å². The van der Waals surface area contributed by atoms with Gasteiger partial charge in [-0.25, -0.2) is 19.9 Å². The number of aliphatic hydroxyl groups is 1. The fourth-order valence-electron chi connectivity index (χ4n) is 10.2. The number of unbranched alkanes of at least 4 members (excludes halogenated alkanes) is 3. The number of rotatable bonds is 20. The van der Waals surface area contributed by atoms with E-state index >= 15 is 0 Å². The third kappa shape index (κ3) is 12.3. The minimum Gasteiger partial charge on any atom is -0.391 e. The molecule has 9 rings (SSSR count). The fourth-order valence-corrected chi connectivity index (χ4v) is 11.0. The molecular weight excluding hydrogens is 975 g/mol. The van der Waals surface area contributed by atoms with Crippen molar-refractivity contribution in [3.05, 3.63) is 131 Å². The molecule has 0 spiro atoms. The Balaban J connectivity index is 0.722. The summed E-state index contributed by atoms with van der Waals surface area (Å²) in [5, 5.41) is 19.6. The van der Waals surface area contributed by atoms with Crippen LogP contribution in [0.3, 0.4) is 0 Å². The summed E-state index contributed by atoms with van der Waals surface area (Å²) >= 11 is 1.58. The zero-order chi connectivity index (χ0) is 53.6. The second kappa shape index (κ2) is 23.3. The molecule has 5 heterocycles. The molecule has 0 radical (unpaired) electrons. The largest absolute Gasteiger partial charge is 0.391 e. The first-order valence-electron chi connectivity index (χ1n) is 26.5. The summed E-state index contributed by atoms with van der Waals surface area (Å²) < 4.78 is 2.03. The predicted molar refractivity (Wildman–Crippen MR) is 298 cm³/mol. The van der Waals surface area contributed by atoms with Crippen molar-refractivity contribution < 1.29 is 24.3 Å². The number of anilines is 1. The molecule has 2 fully saturated rings. The number of benzene rings is 3. The molecule has 76 heavy (non-hydrogen) atoms. The lowest BCUT2D eigenvalue weighted by Gasteiger charge is -2.38. The molecule has 8 N–H and O–H groups in total. The van der Waals surface area contributed by atoms with Crippen LogP contribution < -0.4 is 27.4 Å². The van der Waals surface area contributed by atoms with Crippen molar-refractivity contribution in [1.29, 1.82) is 0 Å². The summed E-state index contributed by atoms with van der Waals surface area (Å²) in [5.41, 5.74) is 23.8. The number of hydrogen-bond donors (Lipinski definition) is 6. The lowest BCUT2D eigenvalue weighted by atomic mass is 9.73. The molecule has 4 amide bonds. The molecule has 3 aromatic carbocycles. The van der Waals surface area contributed by atoms with Crippen LogP contribution in [0, 0.1) is 12.3 Å². The summed E-state index contributed by atoms with van der Waals surface area (Å²) in [6.45, 7) is 8.34. The molecule has 3 atom stereocenters. The van der Waals surface area contributed by atoms with Gasteiger partial charge in [-0.3, -0.25) is 23.7 Å². The Morgan fingerprint density at radius 1 is 0.842 bits per heavy atom. The smallest absolute Gasteiger partial charge is 0.246 e. The highest BCUT2D eigenvalue weighted by Crippen LogP contribution is 2.40. The maximum atomic E-state index is 14.1. The Morgan fingerprint density at radius 3 is 2.28 bits per heavy atom. The Morgan fingerprint density at radius 2 is 1.59 bits per heavy atom. The molecule has 1 aliphatic carbocycles. The number of nitrogens with one attached hydrogen (secondary N) is 3. The number of carbonyl (C=O) groups excluding carboxylic acids is 4. The number of pyridine rings is 2. The third-order valence-electron chi connectivity index (χ3n) is 14.8. The van der Waals surface area contributed by atoms with Gasteiger partial charge in [-0.15, -0.1) is 11.3 Å². The summed E-state index contributed by atoms with van der Waals surface area (Å²) in [7, 11) is 0. The lowest BCUT2D eigenvalue weighted by molar-refractivity contribution is -0.144. The second-order valence-corrected chi connectivity index (χ2v) is 22.3. The minimum atomic E-state index is -0.899. The number of thiazole rings is 1. The van der Waals surface area contributed by atoms with Crippen molar-refractivity contribution in [2.75, 3.05) is 18.8 Å². The van der Waals surface area contributed by atoms with E-state index < -0.39 is 29.5 Å². The van der Waals surface area contributed by atoms with Crippen molar-refractivity contribution in [2.45, 2.75) is 129 Å².